The number of amides is 1. The molecule has 1 aromatic heterocycles. The van der Waals surface area contributed by atoms with Crippen LogP contribution in [0.1, 0.15) is 20.9 Å². The molecule has 0 fully saturated rings. The first-order valence-corrected chi connectivity index (χ1v) is 7.68. The molecule has 2 rings (SSSR count). The topological polar surface area (TPSA) is 115 Å². The maximum atomic E-state index is 12.1. The SMILES string of the molecule is Cc1nc(N/C=C(/C#N)C(=O)Nc2cccc(C(=O)O)c2)sc1C. The average molecular weight is 342 g/mol. The van der Waals surface area contributed by atoms with Crippen molar-refractivity contribution in [2.24, 2.45) is 0 Å². The van der Waals surface area contributed by atoms with Crippen LogP contribution in [0.25, 0.3) is 0 Å². The van der Waals surface area contributed by atoms with Crippen LogP contribution >= 0.6 is 11.3 Å². The van der Waals surface area contributed by atoms with Crippen molar-refractivity contribution in [1.29, 1.82) is 5.26 Å². The van der Waals surface area contributed by atoms with E-state index in [1.807, 2.05) is 13.8 Å². The van der Waals surface area contributed by atoms with Crippen LogP contribution in [0.2, 0.25) is 0 Å². The zero-order valence-electron chi connectivity index (χ0n) is 13.0. The standard InChI is InChI=1S/C16H14N4O3S/c1-9-10(2)24-16(19-9)18-8-12(7-17)14(21)20-13-5-3-4-11(6-13)15(22)23/h3-6,8H,1-2H3,(H,18,19)(H,20,21)(H,22,23)/b12-8-. The smallest absolute Gasteiger partial charge is 0.335 e. The van der Waals surface area contributed by atoms with Crippen LogP contribution in [0.4, 0.5) is 10.8 Å². The lowest BCUT2D eigenvalue weighted by Gasteiger charge is -2.05. The first kappa shape index (κ1) is 17.2. The number of hydrogen-bond acceptors (Lipinski definition) is 6. The molecule has 8 heteroatoms. The minimum atomic E-state index is -1.10. The number of carboxylic acids is 1. The molecule has 0 radical (unpaired) electrons. The normalized spacial score (nSPS) is 10.8. The Labute approximate surface area is 142 Å². The number of aromatic nitrogens is 1. The van der Waals surface area contributed by atoms with Crippen molar-refractivity contribution in [3.63, 3.8) is 0 Å². The quantitative estimate of drug-likeness (QED) is 0.568. The molecule has 0 unspecified atom stereocenters. The number of anilines is 2. The Morgan fingerprint density at radius 3 is 2.71 bits per heavy atom. The van der Waals surface area contributed by atoms with Gasteiger partial charge >= 0.3 is 5.97 Å². The number of carbonyl (C=O) groups is 2. The van der Waals surface area contributed by atoms with E-state index in [-0.39, 0.29) is 11.1 Å². The summed E-state index contributed by atoms with van der Waals surface area (Å²) in [6.45, 7) is 3.79. The first-order valence-electron chi connectivity index (χ1n) is 6.86. The fourth-order valence-corrected chi connectivity index (χ4v) is 2.53. The minimum Gasteiger partial charge on any atom is -0.478 e. The lowest BCUT2D eigenvalue weighted by atomic mass is 10.2. The molecule has 1 heterocycles. The fourth-order valence-electron chi connectivity index (χ4n) is 1.75. The molecular weight excluding hydrogens is 328 g/mol. The third-order valence-electron chi connectivity index (χ3n) is 3.10. The van der Waals surface area contributed by atoms with Gasteiger partial charge < -0.3 is 15.7 Å². The van der Waals surface area contributed by atoms with Crippen LogP contribution in [0.5, 0.6) is 0 Å². The second-order valence-electron chi connectivity index (χ2n) is 4.81. The molecule has 122 valence electrons. The summed E-state index contributed by atoms with van der Waals surface area (Å²) in [7, 11) is 0. The monoisotopic (exact) mass is 342 g/mol. The van der Waals surface area contributed by atoms with E-state index in [0.29, 0.717) is 10.8 Å². The zero-order chi connectivity index (χ0) is 17.7. The van der Waals surface area contributed by atoms with Gasteiger partial charge in [-0.3, -0.25) is 4.79 Å². The highest BCUT2D eigenvalue weighted by Gasteiger charge is 2.11. The van der Waals surface area contributed by atoms with Gasteiger partial charge in [-0.05, 0) is 32.0 Å². The number of benzene rings is 1. The summed E-state index contributed by atoms with van der Waals surface area (Å²) in [4.78, 5) is 28.3. The Bertz CT molecular complexity index is 845. The van der Waals surface area contributed by atoms with Gasteiger partial charge in [0.1, 0.15) is 11.6 Å². The molecular formula is C16H14N4O3S. The van der Waals surface area contributed by atoms with Gasteiger partial charge in [0.2, 0.25) is 0 Å². The Morgan fingerprint density at radius 2 is 2.12 bits per heavy atom. The zero-order valence-corrected chi connectivity index (χ0v) is 13.8. The summed E-state index contributed by atoms with van der Waals surface area (Å²) in [6.07, 6.45) is 1.27. The highest BCUT2D eigenvalue weighted by Crippen LogP contribution is 2.21. The molecule has 7 nitrogen and oxygen atoms in total. The maximum absolute atomic E-state index is 12.1. The Kier molecular flexibility index (Phi) is 5.29. The third kappa shape index (κ3) is 4.18. The van der Waals surface area contributed by atoms with E-state index in [1.54, 1.807) is 12.1 Å². The fraction of sp³-hybridized carbons (Fsp3) is 0.125. The van der Waals surface area contributed by atoms with Crippen LogP contribution < -0.4 is 10.6 Å². The number of carboxylic acid groups (broad SMARTS) is 1. The molecule has 0 aliphatic carbocycles. The Morgan fingerprint density at radius 1 is 1.38 bits per heavy atom. The van der Waals surface area contributed by atoms with E-state index in [2.05, 4.69) is 15.6 Å². The lowest BCUT2D eigenvalue weighted by Crippen LogP contribution is -2.15. The van der Waals surface area contributed by atoms with Crippen molar-refractivity contribution < 1.29 is 14.7 Å². The summed E-state index contributed by atoms with van der Waals surface area (Å²) >= 11 is 1.41. The van der Waals surface area contributed by atoms with Gasteiger partial charge in [0, 0.05) is 16.8 Å². The Hall–Kier alpha value is -3.18. The molecule has 0 aliphatic rings. The van der Waals surface area contributed by atoms with Crippen molar-refractivity contribution in [2.45, 2.75) is 13.8 Å². The number of nitrogens with one attached hydrogen (secondary N) is 2. The van der Waals surface area contributed by atoms with Crippen molar-refractivity contribution in [3.05, 3.63) is 52.2 Å². The number of carbonyl (C=O) groups excluding carboxylic acids is 1. The molecule has 0 saturated carbocycles. The summed E-state index contributed by atoms with van der Waals surface area (Å²) in [5.41, 5.74) is 1.06. The number of nitrogens with zero attached hydrogens (tertiary/aromatic N) is 2. The molecule has 1 amide bonds. The number of aryl methyl sites for hydroxylation is 2. The van der Waals surface area contributed by atoms with Crippen LogP contribution in [0, 0.1) is 25.2 Å². The number of aromatic carboxylic acids is 1. The van der Waals surface area contributed by atoms with E-state index in [4.69, 9.17) is 10.4 Å². The van der Waals surface area contributed by atoms with Crippen LogP contribution in [0.15, 0.2) is 36.0 Å². The van der Waals surface area contributed by atoms with Crippen molar-refractivity contribution in [2.75, 3.05) is 10.6 Å². The van der Waals surface area contributed by atoms with E-state index in [1.165, 1.54) is 35.7 Å². The summed E-state index contributed by atoms with van der Waals surface area (Å²) in [6, 6.07) is 7.57. The maximum Gasteiger partial charge on any atom is 0.335 e. The molecule has 0 saturated heterocycles. The van der Waals surface area contributed by atoms with Gasteiger partial charge in [-0.1, -0.05) is 6.07 Å². The van der Waals surface area contributed by atoms with Gasteiger partial charge in [0.15, 0.2) is 5.13 Å². The summed E-state index contributed by atoms with van der Waals surface area (Å²) in [5, 5.41) is 24.0. The highest BCUT2D eigenvalue weighted by atomic mass is 32.1. The molecule has 0 aliphatic heterocycles. The average Bonchev–Trinajstić information content (AvgIpc) is 2.86. The van der Waals surface area contributed by atoms with Gasteiger partial charge in [-0.2, -0.15) is 5.26 Å². The molecule has 0 atom stereocenters. The van der Waals surface area contributed by atoms with Gasteiger partial charge in [0.25, 0.3) is 5.91 Å². The molecule has 0 bridgehead atoms. The Balaban J connectivity index is 2.11. The predicted octanol–water partition coefficient (Wildman–Crippen LogP) is 2.92. The predicted molar refractivity (Wildman–Crippen MR) is 90.9 cm³/mol. The third-order valence-corrected chi connectivity index (χ3v) is 4.11. The molecule has 1 aromatic carbocycles. The first-order chi connectivity index (χ1) is 11.4. The van der Waals surface area contributed by atoms with Crippen molar-refractivity contribution in [3.8, 4) is 6.07 Å². The van der Waals surface area contributed by atoms with Crippen molar-refractivity contribution in [1.82, 2.24) is 4.98 Å². The minimum absolute atomic E-state index is 0.0437. The number of rotatable bonds is 5. The van der Waals surface area contributed by atoms with E-state index in [0.717, 1.165) is 10.6 Å². The van der Waals surface area contributed by atoms with Gasteiger partial charge in [0.05, 0.1) is 11.3 Å². The van der Waals surface area contributed by atoms with E-state index >= 15 is 0 Å². The second-order valence-corrected chi connectivity index (χ2v) is 6.02. The highest BCUT2D eigenvalue weighted by molar-refractivity contribution is 7.15. The lowest BCUT2D eigenvalue weighted by molar-refractivity contribution is -0.112. The molecule has 3 N–H and O–H groups in total. The second kappa shape index (κ2) is 7.39. The van der Waals surface area contributed by atoms with Crippen LogP contribution in [-0.4, -0.2) is 22.0 Å². The van der Waals surface area contributed by atoms with E-state index < -0.39 is 11.9 Å². The van der Waals surface area contributed by atoms with Crippen LogP contribution in [-0.2, 0) is 4.79 Å². The molecule has 0 spiro atoms. The summed E-state index contributed by atoms with van der Waals surface area (Å²) in [5.74, 6) is -1.74. The van der Waals surface area contributed by atoms with Gasteiger partial charge in [-0.25, -0.2) is 9.78 Å². The number of thiazole rings is 1. The van der Waals surface area contributed by atoms with Crippen molar-refractivity contribution >= 4 is 34.0 Å². The van der Waals surface area contributed by atoms with Gasteiger partial charge in [-0.15, -0.1) is 11.3 Å². The summed E-state index contributed by atoms with van der Waals surface area (Å²) < 4.78 is 0. The number of nitriles is 1. The van der Waals surface area contributed by atoms with E-state index in [9.17, 15) is 9.59 Å². The molecule has 2 aromatic rings. The molecule has 24 heavy (non-hydrogen) atoms. The van der Waals surface area contributed by atoms with Crippen LogP contribution in [0.3, 0.4) is 0 Å². The largest absolute Gasteiger partial charge is 0.478 e. The number of hydrogen-bond donors (Lipinski definition) is 3.